The highest BCUT2D eigenvalue weighted by Gasteiger charge is 2.20. The van der Waals surface area contributed by atoms with Crippen molar-refractivity contribution < 1.29 is 5.11 Å². The SMILES string of the molecule is Cc1ccc2nc(CN3CC[C@@H](O)C3)cn2c1. The summed E-state index contributed by atoms with van der Waals surface area (Å²) in [6.45, 7) is 4.65. The molecule has 0 saturated carbocycles. The average molecular weight is 231 g/mol. The van der Waals surface area contributed by atoms with Gasteiger partial charge in [0.1, 0.15) is 5.65 Å². The lowest BCUT2D eigenvalue weighted by molar-refractivity contribution is 0.174. The van der Waals surface area contributed by atoms with Crippen LogP contribution in [0.15, 0.2) is 24.5 Å². The predicted octanol–water partition coefficient (Wildman–Crippen LogP) is 1.21. The van der Waals surface area contributed by atoms with Crippen LogP contribution in [0.25, 0.3) is 5.65 Å². The summed E-state index contributed by atoms with van der Waals surface area (Å²) in [5, 5.41) is 9.49. The number of rotatable bonds is 2. The number of fused-ring (bicyclic) bond motifs is 1. The lowest BCUT2D eigenvalue weighted by Gasteiger charge is -2.12. The Hall–Kier alpha value is -1.39. The van der Waals surface area contributed by atoms with E-state index in [9.17, 15) is 5.11 Å². The Morgan fingerprint density at radius 3 is 3.06 bits per heavy atom. The van der Waals surface area contributed by atoms with Gasteiger partial charge in [0.15, 0.2) is 0 Å². The van der Waals surface area contributed by atoms with Crippen LogP contribution in [0.5, 0.6) is 0 Å². The molecule has 0 unspecified atom stereocenters. The van der Waals surface area contributed by atoms with Crippen LogP contribution in [-0.4, -0.2) is 38.6 Å². The van der Waals surface area contributed by atoms with Gasteiger partial charge in [-0.25, -0.2) is 4.98 Å². The Morgan fingerprint density at radius 2 is 2.29 bits per heavy atom. The summed E-state index contributed by atoms with van der Waals surface area (Å²) in [6.07, 6.45) is 4.89. The number of aliphatic hydroxyl groups is 1. The maximum absolute atomic E-state index is 9.49. The summed E-state index contributed by atoms with van der Waals surface area (Å²) in [5.74, 6) is 0. The number of aliphatic hydroxyl groups excluding tert-OH is 1. The van der Waals surface area contributed by atoms with Gasteiger partial charge in [0.25, 0.3) is 0 Å². The molecule has 1 fully saturated rings. The molecule has 90 valence electrons. The van der Waals surface area contributed by atoms with Crippen molar-refractivity contribution in [3.05, 3.63) is 35.8 Å². The molecule has 4 heteroatoms. The van der Waals surface area contributed by atoms with Crippen LogP contribution in [0.3, 0.4) is 0 Å². The van der Waals surface area contributed by atoms with E-state index in [-0.39, 0.29) is 6.10 Å². The van der Waals surface area contributed by atoms with Crippen molar-refractivity contribution in [3.8, 4) is 0 Å². The molecule has 1 aliphatic rings. The zero-order valence-electron chi connectivity index (χ0n) is 10.0. The summed E-state index contributed by atoms with van der Waals surface area (Å²) in [7, 11) is 0. The fraction of sp³-hybridized carbons (Fsp3) is 0.462. The van der Waals surface area contributed by atoms with Crippen LogP contribution in [0.2, 0.25) is 0 Å². The molecule has 0 bridgehead atoms. The highest BCUT2D eigenvalue weighted by molar-refractivity contribution is 5.41. The fourth-order valence-corrected chi connectivity index (χ4v) is 2.42. The van der Waals surface area contributed by atoms with E-state index in [1.165, 1.54) is 5.56 Å². The second-order valence-corrected chi connectivity index (χ2v) is 4.88. The van der Waals surface area contributed by atoms with Crippen molar-refractivity contribution in [2.24, 2.45) is 0 Å². The summed E-state index contributed by atoms with van der Waals surface area (Å²) < 4.78 is 2.07. The van der Waals surface area contributed by atoms with E-state index in [0.29, 0.717) is 0 Å². The van der Waals surface area contributed by atoms with Crippen molar-refractivity contribution in [1.29, 1.82) is 0 Å². The van der Waals surface area contributed by atoms with Crippen molar-refractivity contribution in [2.45, 2.75) is 26.0 Å². The quantitative estimate of drug-likeness (QED) is 0.844. The zero-order chi connectivity index (χ0) is 11.8. The predicted molar refractivity (Wildman–Crippen MR) is 65.8 cm³/mol. The molecule has 0 amide bonds. The highest BCUT2D eigenvalue weighted by atomic mass is 16.3. The lowest BCUT2D eigenvalue weighted by atomic mass is 10.3. The Balaban J connectivity index is 1.81. The van der Waals surface area contributed by atoms with E-state index in [1.54, 1.807) is 0 Å². The first-order chi connectivity index (χ1) is 8.20. The number of imidazole rings is 1. The molecular weight excluding hydrogens is 214 g/mol. The van der Waals surface area contributed by atoms with E-state index in [2.05, 4.69) is 39.7 Å². The van der Waals surface area contributed by atoms with Crippen LogP contribution in [0.1, 0.15) is 17.7 Å². The number of pyridine rings is 1. The van der Waals surface area contributed by atoms with Gasteiger partial charge >= 0.3 is 0 Å². The third-order valence-corrected chi connectivity index (χ3v) is 3.28. The van der Waals surface area contributed by atoms with E-state index in [0.717, 1.165) is 37.4 Å². The monoisotopic (exact) mass is 231 g/mol. The van der Waals surface area contributed by atoms with Gasteiger partial charge in [-0.1, -0.05) is 6.07 Å². The second-order valence-electron chi connectivity index (χ2n) is 4.88. The molecule has 17 heavy (non-hydrogen) atoms. The van der Waals surface area contributed by atoms with Gasteiger partial charge in [-0.3, -0.25) is 4.90 Å². The molecule has 1 atom stereocenters. The number of aromatic nitrogens is 2. The van der Waals surface area contributed by atoms with E-state index in [4.69, 9.17) is 0 Å². The summed E-state index contributed by atoms with van der Waals surface area (Å²) >= 11 is 0. The van der Waals surface area contributed by atoms with Crippen LogP contribution in [0.4, 0.5) is 0 Å². The first-order valence-electron chi connectivity index (χ1n) is 6.05. The normalized spacial score (nSPS) is 21.4. The third kappa shape index (κ3) is 2.18. The Labute approximate surface area is 101 Å². The van der Waals surface area contributed by atoms with Gasteiger partial charge in [-0.2, -0.15) is 0 Å². The van der Waals surface area contributed by atoms with Gasteiger partial charge in [-0.15, -0.1) is 0 Å². The molecule has 0 radical (unpaired) electrons. The van der Waals surface area contributed by atoms with Gasteiger partial charge in [-0.05, 0) is 25.0 Å². The topological polar surface area (TPSA) is 40.8 Å². The first kappa shape index (κ1) is 10.7. The minimum atomic E-state index is -0.158. The molecule has 1 N–H and O–H groups in total. The Morgan fingerprint density at radius 1 is 1.41 bits per heavy atom. The summed E-state index contributed by atoms with van der Waals surface area (Å²) in [5.41, 5.74) is 3.30. The first-order valence-corrected chi connectivity index (χ1v) is 6.05. The van der Waals surface area contributed by atoms with E-state index < -0.39 is 0 Å². The molecule has 1 saturated heterocycles. The van der Waals surface area contributed by atoms with Crippen molar-refractivity contribution in [2.75, 3.05) is 13.1 Å². The second kappa shape index (κ2) is 4.13. The number of nitrogens with zero attached hydrogens (tertiary/aromatic N) is 3. The standard InChI is InChI=1S/C13H17N3O/c1-10-2-3-13-14-11(8-16(13)6-10)7-15-5-4-12(17)9-15/h2-3,6,8,12,17H,4-5,7,9H2,1H3/t12-/m1/s1. The van der Waals surface area contributed by atoms with Crippen LogP contribution < -0.4 is 0 Å². The molecule has 4 nitrogen and oxygen atoms in total. The number of aryl methyl sites for hydroxylation is 1. The molecule has 3 rings (SSSR count). The number of β-amino-alcohol motifs (C(OH)–C–C–N with tert-alkyl or cyclic N) is 1. The molecule has 3 heterocycles. The third-order valence-electron chi connectivity index (χ3n) is 3.28. The van der Waals surface area contributed by atoms with Gasteiger partial charge < -0.3 is 9.51 Å². The van der Waals surface area contributed by atoms with Crippen LogP contribution in [0, 0.1) is 6.92 Å². The molecule has 1 aliphatic heterocycles. The lowest BCUT2D eigenvalue weighted by Crippen LogP contribution is -2.21. The molecule has 0 spiro atoms. The summed E-state index contributed by atoms with van der Waals surface area (Å²) in [6, 6.07) is 4.11. The molecule has 0 aromatic carbocycles. The maximum atomic E-state index is 9.49. The van der Waals surface area contributed by atoms with Gasteiger partial charge in [0, 0.05) is 32.0 Å². The molecule has 0 aliphatic carbocycles. The zero-order valence-corrected chi connectivity index (χ0v) is 10.0. The average Bonchev–Trinajstić information content (AvgIpc) is 2.84. The molecule has 2 aromatic heterocycles. The van der Waals surface area contributed by atoms with Crippen molar-refractivity contribution >= 4 is 5.65 Å². The van der Waals surface area contributed by atoms with E-state index in [1.807, 2.05) is 6.07 Å². The van der Waals surface area contributed by atoms with Crippen LogP contribution in [-0.2, 0) is 6.54 Å². The maximum Gasteiger partial charge on any atom is 0.137 e. The highest BCUT2D eigenvalue weighted by Crippen LogP contribution is 2.14. The molecular formula is C13H17N3O. The van der Waals surface area contributed by atoms with Gasteiger partial charge in [0.2, 0.25) is 0 Å². The number of likely N-dealkylation sites (tertiary alicyclic amines) is 1. The number of hydrogen-bond acceptors (Lipinski definition) is 3. The smallest absolute Gasteiger partial charge is 0.137 e. The minimum absolute atomic E-state index is 0.158. The Kier molecular flexibility index (Phi) is 2.61. The molecule has 2 aromatic rings. The minimum Gasteiger partial charge on any atom is -0.392 e. The Bertz CT molecular complexity index is 534. The summed E-state index contributed by atoms with van der Waals surface area (Å²) in [4.78, 5) is 6.83. The van der Waals surface area contributed by atoms with Crippen LogP contribution >= 0.6 is 0 Å². The van der Waals surface area contributed by atoms with Crippen molar-refractivity contribution in [3.63, 3.8) is 0 Å². The van der Waals surface area contributed by atoms with E-state index >= 15 is 0 Å². The largest absolute Gasteiger partial charge is 0.392 e. The van der Waals surface area contributed by atoms with Crippen molar-refractivity contribution in [1.82, 2.24) is 14.3 Å². The number of hydrogen-bond donors (Lipinski definition) is 1. The van der Waals surface area contributed by atoms with Gasteiger partial charge in [0.05, 0.1) is 11.8 Å². The fourth-order valence-electron chi connectivity index (χ4n) is 2.42.